The molecule has 0 radical (unpaired) electrons. The zero-order chi connectivity index (χ0) is 20.4. The van der Waals surface area contributed by atoms with Gasteiger partial charge in [-0.3, -0.25) is 4.79 Å². The Bertz CT molecular complexity index is 1080. The van der Waals surface area contributed by atoms with E-state index < -0.39 is 17.6 Å². The average molecular weight is 388 g/mol. The number of rotatable bonds is 5. The highest BCUT2D eigenvalue weighted by atomic mass is 19.1. The first-order valence-corrected chi connectivity index (χ1v) is 8.34. The third-order valence-electron chi connectivity index (χ3n) is 4.20. The monoisotopic (exact) mass is 388 g/mol. The summed E-state index contributed by atoms with van der Waals surface area (Å²) in [6, 6.07) is 5.02. The number of amides is 1. The van der Waals surface area contributed by atoms with E-state index in [0.717, 1.165) is 6.07 Å². The molecule has 0 saturated carbocycles. The number of carbonyl (C=O) groups excluding carboxylic acids is 2. The summed E-state index contributed by atoms with van der Waals surface area (Å²) in [6.45, 7) is 1.43. The van der Waals surface area contributed by atoms with Gasteiger partial charge < -0.3 is 19.9 Å². The number of hydrogen-bond acceptors (Lipinski definition) is 5. The van der Waals surface area contributed by atoms with Crippen LogP contribution >= 0.6 is 0 Å². The number of nitrogens with one attached hydrogen (secondary N) is 2. The van der Waals surface area contributed by atoms with Gasteiger partial charge in [-0.15, -0.1) is 0 Å². The van der Waals surface area contributed by atoms with Crippen molar-refractivity contribution in [3.63, 3.8) is 0 Å². The topological polar surface area (TPSA) is 85.2 Å². The number of fused-ring (bicyclic) bond motifs is 1. The SMILES string of the molecule is COC(=O)c1c(NC(C)=O)c2cc(NCc3ccc(F)cc3F)cnc2n1C. The Balaban J connectivity index is 1.99. The van der Waals surface area contributed by atoms with E-state index in [1.165, 1.54) is 36.9 Å². The second-order valence-electron chi connectivity index (χ2n) is 6.14. The molecule has 1 amide bonds. The zero-order valence-corrected chi connectivity index (χ0v) is 15.5. The van der Waals surface area contributed by atoms with Crippen molar-refractivity contribution >= 4 is 34.3 Å². The van der Waals surface area contributed by atoms with Crippen LogP contribution in [0.3, 0.4) is 0 Å². The fourth-order valence-corrected chi connectivity index (χ4v) is 2.91. The van der Waals surface area contributed by atoms with Crippen molar-refractivity contribution in [2.24, 2.45) is 7.05 Å². The standard InChI is InChI=1S/C19H18F2N4O3/c1-10(26)24-16-14-7-13(22-8-11-4-5-12(20)6-15(11)21)9-23-18(14)25(2)17(16)19(27)28-3/h4-7,9,22H,8H2,1-3H3,(H,24,26). The summed E-state index contributed by atoms with van der Waals surface area (Å²) in [6.07, 6.45) is 1.52. The molecule has 0 aliphatic heterocycles. The van der Waals surface area contributed by atoms with Crippen LogP contribution in [0.1, 0.15) is 23.0 Å². The Morgan fingerprint density at radius 2 is 2.00 bits per heavy atom. The maximum absolute atomic E-state index is 13.8. The second-order valence-corrected chi connectivity index (χ2v) is 6.14. The third kappa shape index (κ3) is 3.64. The highest BCUT2D eigenvalue weighted by Crippen LogP contribution is 2.31. The molecule has 0 aliphatic carbocycles. The van der Waals surface area contributed by atoms with Gasteiger partial charge in [-0.1, -0.05) is 6.07 Å². The molecule has 1 aromatic carbocycles. The van der Waals surface area contributed by atoms with E-state index in [1.807, 2.05) is 0 Å². The van der Waals surface area contributed by atoms with E-state index in [0.29, 0.717) is 16.7 Å². The summed E-state index contributed by atoms with van der Waals surface area (Å²) in [5.74, 6) is -2.28. The predicted molar refractivity (Wildman–Crippen MR) is 100 cm³/mol. The lowest BCUT2D eigenvalue weighted by atomic mass is 10.2. The van der Waals surface area contributed by atoms with E-state index >= 15 is 0 Å². The number of aromatic nitrogens is 2. The van der Waals surface area contributed by atoms with Gasteiger partial charge in [0.05, 0.1) is 24.7 Å². The predicted octanol–water partition coefficient (Wildman–Crippen LogP) is 3.21. The van der Waals surface area contributed by atoms with Gasteiger partial charge in [0.15, 0.2) is 5.69 Å². The molecule has 28 heavy (non-hydrogen) atoms. The van der Waals surface area contributed by atoms with Crippen LogP contribution in [0, 0.1) is 11.6 Å². The minimum Gasteiger partial charge on any atom is -0.464 e. The van der Waals surface area contributed by atoms with Gasteiger partial charge in [0.1, 0.15) is 17.3 Å². The second kappa shape index (κ2) is 7.63. The van der Waals surface area contributed by atoms with Gasteiger partial charge in [0.25, 0.3) is 0 Å². The molecule has 0 bridgehead atoms. The fraction of sp³-hybridized carbons (Fsp3) is 0.211. The van der Waals surface area contributed by atoms with Gasteiger partial charge in [-0.05, 0) is 12.1 Å². The summed E-state index contributed by atoms with van der Waals surface area (Å²) >= 11 is 0. The third-order valence-corrected chi connectivity index (χ3v) is 4.20. The van der Waals surface area contributed by atoms with Gasteiger partial charge in [0, 0.05) is 37.5 Å². The maximum Gasteiger partial charge on any atom is 0.356 e. The molecule has 0 unspecified atom stereocenters. The summed E-state index contributed by atoms with van der Waals surface area (Å²) in [4.78, 5) is 28.1. The first-order chi connectivity index (χ1) is 13.3. The average Bonchev–Trinajstić information content (AvgIpc) is 2.91. The van der Waals surface area contributed by atoms with Crippen LogP contribution < -0.4 is 10.6 Å². The van der Waals surface area contributed by atoms with Crippen molar-refractivity contribution in [3.8, 4) is 0 Å². The first kappa shape index (κ1) is 19.3. The van der Waals surface area contributed by atoms with Crippen LogP contribution in [0.5, 0.6) is 0 Å². The molecule has 3 rings (SSSR count). The molecule has 7 nitrogen and oxygen atoms in total. The van der Waals surface area contributed by atoms with E-state index in [-0.39, 0.29) is 29.4 Å². The Hall–Kier alpha value is -3.49. The van der Waals surface area contributed by atoms with E-state index in [2.05, 4.69) is 15.6 Å². The summed E-state index contributed by atoms with van der Waals surface area (Å²) in [5, 5.41) is 6.16. The van der Waals surface area contributed by atoms with Crippen molar-refractivity contribution < 1.29 is 23.1 Å². The lowest BCUT2D eigenvalue weighted by Crippen LogP contribution is -2.13. The largest absolute Gasteiger partial charge is 0.464 e. The summed E-state index contributed by atoms with van der Waals surface area (Å²) in [7, 11) is 2.88. The number of anilines is 2. The molecule has 0 saturated heterocycles. The number of esters is 1. The first-order valence-electron chi connectivity index (χ1n) is 8.34. The Morgan fingerprint density at radius 1 is 1.25 bits per heavy atom. The minimum absolute atomic E-state index is 0.103. The molecule has 3 aromatic rings. The molecule has 2 heterocycles. The van der Waals surface area contributed by atoms with Crippen molar-refractivity contribution in [2.75, 3.05) is 17.7 Å². The molecule has 2 aromatic heterocycles. The number of methoxy groups -OCH3 is 1. The van der Waals surface area contributed by atoms with Crippen LogP contribution in [-0.2, 0) is 23.1 Å². The summed E-state index contributed by atoms with van der Waals surface area (Å²) < 4.78 is 33.1. The fourth-order valence-electron chi connectivity index (χ4n) is 2.91. The molecular weight excluding hydrogens is 370 g/mol. The van der Waals surface area contributed by atoms with Gasteiger partial charge in [-0.25, -0.2) is 18.6 Å². The normalized spacial score (nSPS) is 10.8. The molecule has 0 atom stereocenters. The number of aryl methyl sites for hydroxylation is 1. The smallest absolute Gasteiger partial charge is 0.356 e. The van der Waals surface area contributed by atoms with Crippen molar-refractivity contribution in [2.45, 2.75) is 13.5 Å². The number of pyridine rings is 1. The summed E-state index contributed by atoms with van der Waals surface area (Å²) in [5.41, 5.74) is 1.71. The molecular formula is C19H18F2N4O3. The molecule has 9 heteroatoms. The molecule has 0 fully saturated rings. The number of carbonyl (C=O) groups is 2. The van der Waals surface area contributed by atoms with Crippen molar-refractivity contribution in [3.05, 3.63) is 53.4 Å². The van der Waals surface area contributed by atoms with Crippen LogP contribution in [0.15, 0.2) is 30.5 Å². The number of halogens is 2. The Kier molecular flexibility index (Phi) is 5.25. The number of ether oxygens (including phenoxy) is 1. The Morgan fingerprint density at radius 3 is 2.64 bits per heavy atom. The zero-order valence-electron chi connectivity index (χ0n) is 15.5. The van der Waals surface area contributed by atoms with E-state index in [4.69, 9.17) is 4.74 Å². The lowest BCUT2D eigenvalue weighted by molar-refractivity contribution is -0.114. The maximum atomic E-state index is 13.8. The van der Waals surface area contributed by atoms with Gasteiger partial charge >= 0.3 is 5.97 Å². The van der Waals surface area contributed by atoms with E-state index in [9.17, 15) is 18.4 Å². The molecule has 0 aliphatic rings. The molecule has 146 valence electrons. The lowest BCUT2D eigenvalue weighted by Gasteiger charge is -2.08. The highest BCUT2D eigenvalue weighted by Gasteiger charge is 2.23. The van der Waals surface area contributed by atoms with Crippen LogP contribution in [0.25, 0.3) is 11.0 Å². The van der Waals surface area contributed by atoms with Crippen LogP contribution in [0.4, 0.5) is 20.2 Å². The number of nitrogens with zero attached hydrogens (tertiary/aromatic N) is 2. The van der Waals surface area contributed by atoms with Gasteiger partial charge in [-0.2, -0.15) is 0 Å². The van der Waals surface area contributed by atoms with Gasteiger partial charge in [0.2, 0.25) is 5.91 Å². The minimum atomic E-state index is -0.659. The quantitative estimate of drug-likeness (QED) is 0.656. The highest BCUT2D eigenvalue weighted by molar-refractivity contribution is 6.10. The number of hydrogen-bond donors (Lipinski definition) is 2. The van der Waals surface area contributed by atoms with Crippen LogP contribution in [0.2, 0.25) is 0 Å². The van der Waals surface area contributed by atoms with Crippen molar-refractivity contribution in [1.82, 2.24) is 9.55 Å². The van der Waals surface area contributed by atoms with Crippen molar-refractivity contribution in [1.29, 1.82) is 0 Å². The molecule has 2 N–H and O–H groups in total. The number of benzene rings is 1. The van der Waals surface area contributed by atoms with Crippen LogP contribution in [-0.4, -0.2) is 28.5 Å². The molecule has 0 spiro atoms. The Labute approximate surface area is 159 Å². The van der Waals surface area contributed by atoms with E-state index in [1.54, 1.807) is 13.1 Å².